The predicted octanol–water partition coefficient (Wildman–Crippen LogP) is 2.71. The van der Waals surface area contributed by atoms with Crippen molar-refractivity contribution in [3.63, 3.8) is 0 Å². The fraction of sp³-hybridized carbons (Fsp3) is 0.333. The summed E-state index contributed by atoms with van der Waals surface area (Å²) < 4.78 is 4.14. The van der Waals surface area contributed by atoms with Gasteiger partial charge in [0.1, 0.15) is 5.82 Å². The van der Waals surface area contributed by atoms with Gasteiger partial charge in [-0.25, -0.2) is 15.1 Å². The quantitative estimate of drug-likeness (QED) is 0.545. The highest BCUT2D eigenvalue weighted by Gasteiger charge is 2.14. The zero-order chi connectivity index (χ0) is 18.8. The molecular formula is C18H23N7O. The van der Waals surface area contributed by atoms with Crippen LogP contribution < -0.4 is 11.0 Å². The molecule has 3 aromatic rings. The summed E-state index contributed by atoms with van der Waals surface area (Å²) in [5, 5.41) is 8.61. The second kappa shape index (κ2) is 6.99. The van der Waals surface area contributed by atoms with Crippen LogP contribution in [-0.2, 0) is 0 Å². The molecule has 136 valence electrons. The van der Waals surface area contributed by atoms with Gasteiger partial charge in [0, 0.05) is 40.8 Å². The molecule has 0 atom stereocenters. The second-order valence-corrected chi connectivity index (χ2v) is 6.49. The van der Waals surface area contributed by atoms with Crippen molar-refractivity contribution < 1.29 is 0 Å². The van der Waals surface area contributed by atoms with E-state index in [2.05, 4.69) is 57.0 Å². The first-order chi connectivity index (χ1) is 12.4. The summed E-state index contributed by atoms with van der Waals surface area (Å²) in [4.78, 5) is 18.2. The SMILES string of the molecule is Cc1cc(=O)[nH]c(N/N=C\c2cc(C)n(-c3ccnn3C(C)C)c2C)n1. The maximum Gasteiger partial charge on any atom is 0.252 e. The van der Waals surface area contributed by atoms with Gasteiger partial charge in [-0.3, -0.25) is 9.78 Å². The molecule has 0 fully saturated rings. The summed E-state index contributed by atoms with van der Waals surface area (Å²) in [6, 6.07) is 5.76. The third-order valence-corrected chi connectivity index (χ3v) is 4.08. The molecule has 26 heavy (non-hydrogen) atoms. The highest BCUT2D eigenvalue weighted by Crippen LogP contribution is 2.21. The zero-order valence-electron chi connectivity index (χ0n) is 15.6. The molecule has 0 aliphatic heterocycles. The van der Waals surface area contributed by atoms with Crippen molar-refractivity contribution in [2.75, 3.05) is 5.43 Å². The molecule has 0 saturated carbocycles. The normalized spacial score (nSPS) is 11.6. The van der Waals surface area contributed by atoms with E-state index < -0.39 is 0 Å². The lowest BCUT2D eigenvalue weighted by atomic mass is 10.3. The van der Waals surface area contributed by atoms with Gasteiger partial charge in [-0.1, -0.05) is 0 Å². The minimum atomic E-state index is -0.213. The van der Waals surface area contributed by atoms with Crippen LogP contribution in [0.5, 0.6) is 0 Å². The number of rotatable bonds is 5. The molecule has 0 aliphatic rings. The smallest absolute Gasteiger partial charge is 0.252 e. The maximum absolute atomic E-state index is 11.5. The average Bonchev–Trinajstić information content (AvgIpc) is 3.11. The Kier molecular flexibility index (Phi) is 4.75. The van der Waals surface area contributed by atoms with Crippen molar-refractivity contribution in [2.45, 2.75) is 40.7 Å². The van der Waals surface area contributed by atoms with Gasteiger partial charge in [-0.2, -0.15) is 10.2 Å². The fourth-order valence-corrected chi connectivity index (χ4v) is 2.95. The van der Waals surface area contributed by atoms with E-state index in [0.717, 1.165) is 22.8 Å². The van der Waals surface area contributed by atoms with Crippen molar-refractivity contribution in [1.82, 2.24) is 24.3 Å². The number of nitrogens with zero attached hydrogens (tertiary/aromatic N) is 5. The molecule has 0 amide bonds. The number of anilines is 1. The molecule has 0 aromatic carbocycles. The van der Waals surface area contributed by atoms with Crippen molar-refractivity contribution in [1.29, 1.82) is 0 Å². The van der Waals surface area contributed by atoms with E-state index >= 15 is 0 Å². The monoisotopic (exact) mass is 353 g/mol. The van der Waals surface area contributed by atoms with Crippen molar-refractivity contribution >= 4 is 12.2 Å². The van der Waals surface area contributed by atoms with Crippen molar-refractivity contribution in [3.8, 4) is 5.82 Å². The average molecular weight is 353 g/mol. The lowest BCUT2D eigenvalue weighted by molar-refractivity contribution is 0.519. The predicted molar refractivity (Wildman–Crippen MR) is 102 cm³/mol. The van der Waals surface area contributed by atoms with Crippen LogP contribution in [0.15, 0.2) is 34.3 Å². The number of aryl methyl sites for hydroxylation is 2. The number of hydrogen-bond acceptors (Lipinski definition) is 5. The zero-order valence-corrected chi connectivity index (χ0v) is 15.6. The van der Waals surface area contributed by atoms with E-state index in [1.807, 2.05) is 23.9 Å². The van der Waals surface area contributed by atoms with Crippen molar-refractivity contribution in [3.05, 3.63) is 57.4 Å². The van der Waals surface area contributed by atoms with Gasteiger partial charge >= 0.3 is 0 Å². The van der Waals surface area contributed by atoms with E-state index in [1.165, 1.54) is 6.07 Å². The summed E-state index contributed by atoms with van der Waals surface area (Å²) >= 11 is 0. The van der Waals surface area contributed by atoms with Gasteiger partial charge in [0.2, 0.25) is 5.95 Å². The van der Waals surface area contributed by atoms with Crippen LogP contribution in [0, 0.1) is 20.8 Å². The van der Waals surface area contributed by atoms with Crippen molar-refractivity contribution in [2.24, 2.45) is 5.10 Å². The minimum absolute atomic E-state index is 0.213. The molecule has 0 spiro atoms. The number of aromatic amines is 1. The Bertz CT molecular complexity index is 1010. The Morgan fingerprint density at radius 1 is 1.27 bits per heavy atom. The molecule has 0 aliphatic carbocycles. The van der Waals surface area contributed by atoms with E-state index in [-0.39, 0.29) is 11.6 Å². The molecule has 3 aromatic heterocycles. The van der Waals surface area contributed by atoms with Crippen LogP contribution in [0.1, 0.15) is 42.5 Å². The molecule has 8 nitrogen and oxygen atoms in total. The molecular weight excluding hydrogens is 330 g/mol. The Balaban J connectivity index is 1.88. The van der Waals surface area contributed by atoms with Gasteiger partial charge in [-0.05, 0) is 40.7 Å². The van der Waals surface area contributed by atoms with E-state index in [9.17, 15) is 4.79 Å². The lowest BCUT2D eigenvalue weighted by Gasteiger charge is -2.14. The Morgan fingerprint density at radius 3 is 2.73 bits per heavy atom. The Labute approximate surface area is 151 Å². The van der Waals surface area contributed by atoms with Crippen LogP contribution >= 0.6 is 0 Å². The van der Waals surface area contributed by atoms with Gasteiger partial charge in [0.15, 0.2) is 0 Å². The lowest BCUT2D eigenvalue weighted by Crippen LogP contribution is -2.11. The van der Waals surface area contributed by atoms with Crippen LogP contribution in [0.4, 0.5) is 5.95 Å². The van der Waals surface area contributed by atoms with Gasteiger partial charge < -0.3 is 4.57 Å². The molecule has 8 heteroatoms. The minimum Gasteiger partial charge on any atom is -0.303 e. The summed E-state index contributed by atoms with van der Waals surface area (Å²) in [7, 11) is 0. The number of hydrazone groups is 1. The molecule has 2 N–H and O–H groups in total. The number of hydrogen-bond donors (Lipinski definition) is 2. The molecule has 0 bridgehead atoms. The van der Waals surface area contributed by atoms with Crippen LogP contribution in [-0.4, -0.2) is 30.5 Å². The maximum atomic E-state index is 11.5. The first-order valence-electron chi connectivity index (χ1n) is 8.46. The van der Waals surface area contributed by atoms with E-state index in [0.29, 0.717) is 11.6 Å². The molecule has 0 radical (unpaired) electrons. The topological polar surface area (TPSA) is 92.9 Å². The molecule has 3 rings (SSSR count). The Hall–Kier alpha value is -3.16. The highest BCUT2D eigenvalue weighted by molar-refractivity contribution is 5.82. The van der Waals surface area contributed by atoms with Gasteiger partial charge in [-0.15, -0.1) is 0 Å². The largest absolute Gasteiger partial charge is 0.303 e. The van der Waals surface area contributed by atoms with Crippen LogP contribution in [0.25, 0.3) is 5.82 Å². The molecule has 0 saturated heterocycles. The van der Waals surface area contributed by atoms with E-state index in [4.69, 9.17) is 0 Å². The summed E-state index contributed by atoms with van der Waals surface area (Å²) in [5.41, 5.74) is 6.31. The number of aromatic nitrogens is 5. The molecule has 0 unspecified atom stereocenters. The van der Waals surface area contributed by atoms with E-state index in [1.54, 1.807) is 13.1 Å². The standard InChI is InChI=1S/C18H23N7O/c1-11(2)25-17(6-7-20-25)24-13(4)9-15(14(24)5)10-19-23-18-21-12(3)8-16(26)22-18/h6-11H,1-5H3,(H2,21,22,23,26)/b19-10-. The third kappa shape index (κ3) is 3.44. The third-order valence-electron chi connectivity index (χ3n) is 4.08. The van der Waals surface area contributed by atoms with Crippen LogP contribution in [0.2, 0.25) is 0 Å². The van der Waals surface area contributed by atoms with Gasteiger partial charge in [0.25, 0.3) is 5.56 Å². The Morgan fingerprint density at radius 2 is 2.04 bits per heavy atom. The second-order valence-electron chi connectivity index (χ2n) is 6.49. The fourth-order valence-electron chi connectivity index (χ4n) is 2.95. The number of nitrogens with one attached hydrogen (secondary N) is 2. The first kappa shape index (κ1) is 17.7. The summed E-state index contributed by atoms with van der Waals surface area (Å²) in [6.07, 6.45) is 3.53. The van der Waals surface area contributed by atoms with Gasteiger partial charge in [0.05, 0.1) is 12.4 Å². The van der Waals surface area contributed by atoms with Crippen LogP contribution in [0.3, 0.4) is 0 Å². The summed E-state index contributed by atoms with van der Waals surface area (Å²) in [6.45, 7) is 10.1. The first-order valence-corrected chi connectivity index (χ1v) is 8.46. The highest BCUT2D eigenvalue weighted by atomic mass is 16.1. The summed E-state index contributed by atoms with van der Waals surface area (Å²) in [5.74, 6) is 1.34. The number of H-pyrrole nitrogens is 1. The molecule has 3 heterocycles.